The van der Waals surface area contributed by atoms with Crippen molar-refractivity contribution in [1.82, 2.24) is 4.98 Å². The van der Waals surface area contributed by atoms with Crippen LogP contribution in [-0.2, 0) is 6.18 Å². The first kappa shape index (κ1) is 13.9. The number of aromatic nitrogens is 1. The Kier molecular flexibility index (Phi) is 3.60. The van der Waals surface area contributed by atoms with Gasteiger partial charge in [0.25, 0.3) is 5.91 Å². The minimum Gasteiger partial charge on any atom is -0.508 e. The second-order valence-corrected chi connectivity index (χ2v) is 3.93. The van der Waals surface area contributed by atoms with Crippen molar-refractivity contribution in [2.24, 2.45) is 0 Å². The monoisotopic (exact) mass is 282 g/mol. The van der Waals surface area contributed by atoms with E-state index in [1.54, 1.807) is 0 Å². The fourth-order valence-corrected chi connectivity index (χ4v) is 1.44. The van der Waals surface area contributed by atoms with Gasteiger partial charge < -0.3 is 10.4 Å². The molecule has 2 rings (SSSR count). The smallest absolute Gasteiger partial charge is 0.417 e. The van der Waals surface area contributed by atoms with Gasteiger partial charge in [0, 0.05) is 11.9 Å². The molecule has 0 aliphatic rings. The highest BCUT2D eigenvalue weighted by molar-refractivity contribution is 6.02. The minimum absolute atomic E-state index is 0.0376. The van der Waals surface area contributed by atoms with Crippen molar-refractivity contribution < 1.29 is 23.1 Å². The Hall–Kier alpha value is -2.57. The third-order valence-corrected chi connectivity index (χ3v) is 2.45. The number of halogens is 3. The van der Waals surface area contributed by atoms with Crippen LogP contribution < -0.4 is 5.32 Å². The standard InChI is InChI=1S/C13H9F3N2O2/c14-13(15,16)8-1-6-11(17-7-8)12(20)18-9-2-4-10(19)5-3-9/h1-7,19H,(H,18,20). The lowest BCUT2D eigenvalue weighted by atomic mass is 10.2. The van der Waals surface area contributed by atoms with Gasteiger partial charge in [0.05, 0.1) is 5.56 Å². The topological polar surface area (TPSA) is 62.2 Å². The predicted octanol–water partition coefficient (Wildman–Crippen LogP) is 3.06. The molecule has 2 aromatic rings. The van der Waals surface area contributed by atoms with Crippen molar-refractivity contribution in [3.63, 3.8) is 0 Å². The molecule has 0 spiro atoms. The number of aromatic hydroxyl groups is 1. The van der Waals surface area contributed by atoms with E-state index >= 15 is 0 Å². The zero-order valence-corrected chi connectivity index (χ0v) is 9.98. The molecule has 104 valence electrons. The van der Waals surface area contributed by atoms with Gasteiger partial charge in [-0.3, -0.25) is 9.78 Å². The normalized spacial score (nSPS) is 11.2. The number of anilines is 1. The van der Waals surface area contributed by atoms with Gasteiger partial charge in [-0.1, -0.05) is 0 Å². The van der Waals surface area contributed by atoms with Crippen LogP contribution in [0.1, 0.15) is 16.1 Å². The third kappa shape index (κ3) is 3.25. The first-order valence-electron chi connectivity index (χ1n) is 5.50. The molecular weight excluding hydrogens is 273 g/mol. The number of carbonyl (C=O) groups is 1. The summed E-state index contributed by atoms with van der Waals surface area (Å²) in [6.45, 7) is 0. The third-order valence-electron chi connectivity index (χ3n) is 2.45. The van der Waals surface area contributed by atoms with Crippen molar-refractivity contribution in [2.45, 2.75) is 6.18 Å². The second-order valence-electron chi connectivity index (χ2n) is 3.93. The molecule has 2 N–H and O–H groups in total. The van der Waals surface area contributed by atoms with E-state index in [4.69, 9.17) is 5.11 Å². The number of alkyl halides is 3. The fraction of sp³-hybridized carbons (Fsp3) is 0.0769. The van der Waals surface area contributed by atoms with Gasteiger partial charge in [-0.05, 0) is 36.4 Å². The summed E-state index contributed by atoms with van der Waals surface area (Å²) in [5.74, 6) is -0.597. The summed E-state index contributed by atoms with van der Waals surface area (Å²) < 4.78 is 37.0. The van der Waals surface area contributed by atoms with Crippen LogP contribution in [0.3, 0.4) is 0 Å². The maximum Gasteiger partial charge on any atom is 0.417 e. The highest BCUT2D eigenvalue weighted by Crippen LogP contribution is 2.28. The molecule has 1 heterocycles. The number of carbonyl (C=O) groups excluding carboxylic acids is 1. The molecule has 20 heavy (non-hydrogen) atoms. The molecule has 0 bridgehead atoms. The lowest BCUT2D eigenvalue weighted by Gasteiger charge is -2.07. The number of nitrogens with one attached hydrogen (secondary N) is 1. The van der Waals surface area contributed by atoms with E-state index in [0.717, 1.165) is 12.1 Å². The molecule has 0 saturated heterocycles. The van der Waals surface area contributed by atoms with Crippen molar-refractivity contribution >= 4 is 11.6 Å². The molecule has 0 radical (unpaired) electrons. The van der Waals surface area contributed by atoms with Gasteiger partial charge in [-0.2, -0.15) is 13.2 Å². The molecular formula is C13H9F3N2O2. The molecule has 0 fully saturated rings. The Balaban J connectivity index is 2.11. The van der Waals surface area contributed by atoms with Crippen molar-refractivity contribution in [3.8, 4) is 5.75 Å². The zero-order valence-electron chi connectivity index (χ0n) is 9.98. The summed E-state index contributed by atoms with van der Waals surface area (Å²) in [7, 11) is 0. The molecule has 4 nitrogen and oxygen atoms in total. The van der Waals surface area contributed by atoms with Crippen LogP contribution in [0, 0.1) is 0 Å². The number of hydrogen-bond donors (Lipinski definition) is 2. The van der Waals surface area contributed by atoms with Crippen LogP contribution in [0.4, 0.5) is 18.9 Å². The van der Waals surface area contributed by atoms with Crippen molar-refractivity contribution in [3.05, 3.63) is 53.9 Å². The summed E-state index contributed by atoms with van der Waals surface area (Å²) in [5.41, 5.74) is -0.653. The summed E-state index contributed by atoms with van der Waals surface area (Å²) >= 11 is 0. The van der Waals surface area contributed by atoms with E-state index < -0.39 is 17.6 Å². The van der Waals surface area contributed by atoms with Gasteiger partial charge in [0.1, 0.15) is 11.4 Å². The molecule has 1 aromatic heterocycles. The van der Waals surface area contributed by atoms with E-state index in [2.05, 4.69) is 10.3 Å². The van der Waals surface area contributed by atoms with Gasteiger partial charge in [0.15, 0.2) is 0 Å². The van der Waals surface area contributed by atoms with Gasteiger partial charge in [0.2, 0.25) is 0 Å². The molecule has 7 heteroatoms. The molecule has 0 aliphatic carbocycles. The Labute approximate surface area is 111 Å². The zero-order chi connectivity index (χ0) is 14.8. The molecule has 0 aliphatic heterocycles. The van der Waals surface area contributed by atoms with Crippen LogP contribution in [-0.4, -0.2) is 16.0 Å². The van der Waals surface area contributed by atoms with Gasteiger partial charge >= 0.3 is 6.18 Å². The van der Waals surface area contributed by atoms with E-state index in [1.807, 2.05) is 0 Å². The maximum atomic E-state index is 12.3. The van der Waals surface area contributed by atoms with Crippen molar-refractivity contribution in [1.29, 1.82) is 0 Å². The highest BCUT2D eigenvalue weighted by atomic mass is 19.4. The Morgan fingerprint density at radius 2 is 1.75 bits per heavy atom. The van der Waals surface area contributed by atoms with E-state index in [0.29, 0.717) is 11.9 Å². The lowest BCUT2D eigenvalue weighted by Crippen LogP contribution is -2.14. The highest BCUT2D eigenvalue weighted by Gasteiger charge is 2.30. The first-order chi connectivity index (χ1) is 9.36. The van der Waals surface area contributed by atoms with Crippen LogP contribution in [0.5, 0.6) is 5.75 Å². The summed E-state index contributed by atoms with van der Waals surface area (Å²) in [4.78, 5) is 15.2. The van der Waals surface area contributed by atoms with Crippen molar-refractivity contribution in [2.75, 3.05) is 5.32 Å². The second kappa shape index (κ2) is 5.20. The molecule has 0 unspecified atom stereocenters. The van der Waals surface area contributed by atoms with Crippen LogP contribution >= 0.6 is 0 Å². The first-order valence-corrected chi connectivity index (χ1v) is 5.50. The number of pyridine rings is 1. The van der Waals surface area contributed by atoms with Crippen LogP contribution in [0.2, 0.25) is 0 Å². The summed E-state index contributed by atoms with van der Waals surface area (Å²) in [5, 5.41) is 11.5. The van der Waals surface area contributed by atoms with E-state index in [-0.39, 0.29) is 11.4 Å². The van der Waals surface area contributed by atoms with Crippen LogP contribution in [0.25, 0.3) is 0 Å². The average Bonchev–Trinajstić information content (AvgIpc) is 2.40. The van der Waals surface area contributed by atoms with Gasteiger partial charge in [-0.25, -0.2) is 0 Å². The number of phenolic OH excluding ortho intramolecular Hbond substituents is 1. The number of nitrogens with zero attached hydrogens (tertiary/aromatic N) is 1. The molecule has 0 saturated carbocycles. The fourth-order valence-electron chi connectivity index (χ4n) is 1.44. The summed E-state index contributed by atoms with van der Waals surface area (Å²) in [6.07, 6.45) is -3.88. The Morgan fingerprint density at radius 3 is 2.25 bits per heavy atom. The SMILES string of the molecule is O=C(Nc1ccc(O)cc1)c1ccc(C(F)(F)F)cn1. The number of phenols is 1. The van der Waals surface area contributed by atoms with E-state index in [1.165, 1.54) is 24.3 Å². The Bertz CT molecular complexity index is 607. The number of benzene rings is 1. The largest absolute Gasteiger partial charge is 0.508 e. The predicted molar refractivity (Wildman–Crippen MR) is 65.3 cm³/mol. The Morgan fingerprint density at radius 1 is 1.10 bits per heavy atom. The number of rotatable bonds is 2. The molecule has 0 atom stereocenters. The van der Waals surface area contributed by atoms with Crippen LogP contribution in [0.15, 0.2) is 42.6 Å². The summed E-state index contributed by atoms with van der Waals surface area (Å²) in [6, 6.07) is 7.44. The maximum absolute atomic E-state index is 12.3. The number of amides is 1. The number of hydrogen-bond acceptors (Lipinski definition) is 3. The minimum atomic E-state index is -4.49. The van der Waals surface area contributed by atoms with E-state index in [9.17, 15) is 18.0 Å². The molecule has 1 aromatic carbocycles. The quantitative estimate of drug-likeness (QED) is 0.832. The molecule has 1 amide bonds. The average molecular weight is 282 g/mol. The van der Waals surface area contributed by atoms with Gasteiger partial charge in [-0.15, -0.1) is 0 Å². The lowest BCUT2D eigenvalue weighted by molar-refractivity contribution is -0.137.